The van der Waals surface area contributed by atoms with Crippen molar-refractivity contribution in [3.63, 3.8) is 0 Å². The van der Waals surface area contributed by atoms with Gasteiger partial charge in [-0.05, 0) is 0 Å². The molecular weight excluding hydrogens is 678 g/mol. The molecule has 0 aromatic heterocycles. The molecule has 0 bridgehead atoms. The van der Waals surface area contributed by atoms with Gasteiger partial charge in [0.05, 0.1) is 0 Å². The molecule has 1 fully saturated rings. The second-order valence-corrected chi connectivity index (χ2v) is 14.3. The molecule has 1 aliphatic heterocycles. The summed E-state index contributed by atoms with van der Waals surface area (Å²) in [6.07, 6.45) is -0.0966. The van der Waals surface area contributed by atoms with E-state index in [2.05, 4.69) is 159 Å². The van der Waals surface area contributed by atoms with Gasteiger partial charge >= 0.3 is 289 Å². The van der Waals surface area contributed by atoms with Crippen molar-refractivity contribution in [1.29, 1.82) is 0 Å². The standard InChI is InChI=1S/C39H40N2OS2.Ru/c1-24-20-27(4)35(28(5)21-24)40-18-19-41(36-29(6)22-25(2)23-30(36)7)38(40)39(42-33-15-11-8-12-26(33)3)44-37-32-14-10-9-13-31(32)16-17-34(37)43;/h3,8-17,20-23,38-39,43H,18-19H2,1-2,4-7H3;/q;+1/t39-;/m1./s1. The first kappa shape index (κ1) is 31.9. The van der Waals surface area contributed by atoms with E-state index in [-0.39, 0.29) is 11.6 Å². The Morgan fingerprint density at radius 3 is 1.87 bits per heavy atom. The van der Waals surface area contributed by atoms with Gasteiger partial charge in [0, 0.05) is 0 Å². The van der Waals surface area contributed by atoms with Crippen LogP contribution in [0.3, 0.4) is 0 Å². The van der Waals surface area contributed by atoms with Crippen molar-refractivity contribution in [1.82, 2.24) is 0 Å². The van der Waals surface area contributed by atoms with Crippen LogP contribution in [0.1, 0.15) is 38.9 Å². The average Bonchev–Trinajstić information content (AvgIpc) is 3.41. The van der Waals surface area contributed by atoms with Crippen LogP contribution in [0.5, 0.6) is 5.75 Å². The van der Waals surface area contributed by atoms with Gasteiger partial charge in [-0.1, -0.05) is 0 Å². The quantitative estimate of drug-likeness (QED) is 0.0745. The van der Waals surface area contributed by atoms with Crippen molar-refractivity contribution in [2.75, 3.05) is 22.9 Å². The van der Waals surface area contributed by atoms with E-state index >= 15 is 0 Å². The summed E-state index contributed by atoms with van der Waals surface area (Å²) in [5.74, 6) is 0.871. The topological polar surface area (TPSA) is 15.7 Å². The first-order valence-corrected chi connectivity index (χ1v) is 17.7. The number of nitrogens with zero attached hydrogens (tertiary/aromatic N) is 2. The summed E-state index contributed by atoms with van der Waals surface area (Å²) in [5.41, 5.74) is 11.1. The van der Waals surface area contributed by atoms with Gasteiger partial charge < -0.3 is 0 Å². The Balaban J connectivity index is 1.58. The fourth-order valence-electron chi connectivity index (χ4n) is 7.10. The molecular formula is C39H40N2ORuS2+. The summed E-state index contributed by atoms with van der Waals surface area (Å²) in [6.45, 7) is 15.1. The first-order valence-electron chi connectivity index (χ1n) is 15.4. The molecule has 0 unspecified atom stereocenters. The molecule has 0 radical (unpaired) electrons. The van der Waals surface area contributed by atoms with E-state index in [4.69, 9.17) is 17.4 Å². The zero-order valence-corrected chi connectivity index (χ0v) is 30.2. The second-order valence-electron chi connectivity index (χ2n) is 12.2. The van der Waals surface area contributed by atoms with Gasteiger partial charge in [0.2, 0.25) is 0 Å². The molecule has 1 saturated heterocycles. The van der Waals surface area contributed by atoms with Crippen LogP contribution in [0.25, 0.3) is 10.8 Å². The summed E-state index contributed by atoms with van der Waals surface area (Å²) in [6, 6.07) is 30.4. The van der Waals surface area contributed by atoms with Crippen molar-refractivity contribution < 1.29 is 22.6 Å². The molecule has 6 rings (SSSR count). The van der Waals surface area contributed by atoms with Crippen LogP contribution >= 0.6 is 24.4 Å². The van der Waals surface area contributed by atoms with Gasteiger partial charge in [0.15, 0.2) is 0 Å². The van der Waals surface area contributed by atoms with Gasteiger partial charge in [0.1, 0.15) is 0 Å². The van der Waals surface area contributed by atoms with Crippen molar-refractivity contribution >= 4 is 51.1 Å². The van der Waals surface area contributed by atoms with E-state index in [0.717, 1.165) is 34.2 Å². The van der Waals surface area contributed by atoms with Crippen molar-refractivity contribution in [2.45, 2.75) is 62.9 Å². The minimum absolute atomic E-state index is 0.0966. The molecule has 0 aliphatic carbocycles. The van der Waals surface area contributed by atoms with E-state index < -0.39 is 0 Å². The number of benzene rings is 5. The third kappa shape index (κ3) is 6.35. The molecule has 231 valence electrons. The average molecular weight is 718 g/mol. The Labute approximate surface area is 287 Å². The number of anilines is 2. The molecule has 0 saturated carbocycles. The number of aryl methyl sites for hydroxylation is 6. The second kappa shape index (κ2) is 13.4. The molecule has 5 aromatic carbocycles. The van der Waals surface area contributed by atoms with Gasteiger partial charge in [-0.15, -0.1) is 0 Å². The SMILES string of the molecule is Cc1cc(C)c(N2CCN(c3c(C)cc(C)cc3C)C2[C@H](Oc2ccccc2[CH]=[Ru+])Sc2c(S)ccc3ccccc23)c(C)c1. The van der Waals surface area contributed by atoms with E-state index in [1.165, 1.54) is 55.5 Å². The summed E-state index contributed by atoms with van der Waals surface area (Å²) >= 11 is 9.44. The number of hydrogen-bond donors (Lipinski definition) is 1. The molecule has 1 aliphatic rings. The molecule has 0 N–H and O–H groups in total. The molecule has 5 aromatic rings. The molecule has 1 heterocycles. The number of thioether (sulfide) groups is 1. The molecule has 1 atom stereocenters. The molecule has 0 spiro atoms. The Hall–Kier alpha value is -3.05. The maximum atomic E-state index is 7.24. The van der Waals surface area contributed by atoms with Gasteiger partial charge in [0.25, 0.3) is 0 Å². The summed E-state index contributed by atoms with van der Waals surface area (Å²) in [4.78, 5) is 7.28. The molecule has 45 heavy (non-hydrogen) atoms. The van der Waals surface area contributed by atoms with Crippen LogP contribution in [0, 0.1) is 41.5 Å². The molecule has 0 amide bonds. The summed E-state index contributed by atoms with van der Waals surface area (Å²) in [5, 5.41) is 2.39. The van der Waals surface area contributed by atoms with Crippen molar-refractivity contribution in [3.8, 4) is 5.75 Å². The van der Waals surface area contributed by atoms with Crippen LogP contribution in [0.2, 0.25) is 0 Å². The van der Waals surface area contributed by atoms with Crippen molar-refractivity contribution in [3.05, 3.63) is 124 Å². The number of para-hydroxylation sites is 1. The maximum absolute atomic E-state index is 7.24. The first-order chi connectivity index (χ1) is 21.7. The third-order valence-electron chi connectivity index (χ3n) is 8.67. The fourth-order valence-corrected chi connectivity index (χ4v) is 9.16. The predicted molar refractivity (Wildman–Crippen MR) is 193 cm³/mol. The number of rotatable bonds is 8. The minimum atomic E-state index is -0.294. The van der Waals surface area contributed by atoms with E-state index in [9.17, 15) is 0 Å². The van der Waals surface area contributed by atoms with Gasteiger partial charge in [-0.25, -0.2) is 0 Å². The Morgan fingerprint density at radius 1 is 0.756 bits per heavy atom. The summed E-state index contributed by atoms with van der Waals surface area (Å²) in [7, 11) is 0. The van der Waals surface area contributed by atoms with Crippen LogP contribution in [0.4, 0.5) is 11.4 Å². The van der Waals surface area contributed by atoms with Crippen LogP contribution in [0.15, 0.2) is 94.7 Å². The number of thiol groups is 1. The van der Waals surface area contributed by atoms with E-state index in [1.54, 1.807) is 11.8 Å². The summed E-state index contributed by atoms with van der Waals surface area (Å²) < 4.78 is 9.30. The number of hydrogen-bond acceptors (Lipinski definition) is 5. The normalized spacial score (nSPS) is 14.3. The zero-order chi connectivity index (χ0) is 31.8. The van der Waals surface area contributed by atoms with Crippen LogP contribution < -0.4 is 14.5 Å². The van der Waals surface area contributed by atoms with E-state index in [1.807, 2.05) is 0 Å². The Kier molecular flexibility index (Phi) is 9.48. The predicted octanol–water partition coefficient (Wildman–Crippen LogP) is 9.53. The molecule has 3 nitrogen and oxygen atoms in total. The third-order valence-corrected chi connectivity index (χ3v) is 11.0. The zero-order valence-electron chi connectivity index (χ0n) is 26.7. The van der Waals surface area contributed by atoms with Crippen LogP contribution in [-0.4, -0.2) is 29.3 Å². The van der Waals surface area contributed by atoms with Crippen LogP contribution in [-0.2, 0) is 17.9 Å². The monoisotopic (exact) mass is 718 g/mol. The number of fused-ring (bicyclic) bond motifs is 1. The fraction of sp³-hybridized carbons (Fsp3) is 0.256. The Bertz CT molecular complexity index is 1790. The van der Waals surface area contributed by atoms with E-state index in [0.29, 0.717) is 0 Å². The number of ether oxygens (including phenoxy) is 1. The van der Waals surface area contributed by atoms with Gasteiger partial charge in [-0.3, -0.25) is 0 Å². The van der Waals surface area contributed by atoms with Crippen molar-refractivity contribution in [2.24, 2.45) is 0 Å². The molecule has 6 heteroatoms. The Morgan fingerprint density at radius 2 is 1.29 bits per heavy atom. The van der Waals surface area contributed by atoms with Gasteiger partial charge in [-0.2, -0.15) is 0 Å².